The maximum atomic E-state index is 12.6. The fourth-order valence-electron chi connectivity index (χ4n) is 3.72. The Morgan fingerprint density at radius 1 is 1.21 bits per heavy atom. The highest BCUT2D eigenvalue weighted by molar-refractivity contribution is 5.94. The number of hydrogen-bond acceptors (Lipinski definition) is 6. The quantitative estimate of drug-likeness (QED) is 0.705. The summed E-state index contributed by atoms with van der Waals surface area (Å²) < 4.78 is 12.5. The number of aryl methyl sites for hydroxylation is 3. The normalized spacial score (nSPS) is 14.0. The molecule has 3 rings (SSSR count). The highest BCUT2D eigenvalue weighted by atomic mass is 16.5. The highest BCUT2D eigenvalue weighted by Crippen LogP contribution is 2.30. The Kier molecular flexibility index (Phi) is 6.98. The van der Waals surface area contributed by atoms with Gasteiger partial charge < -0.3 is 25.0 Å². The topological polar surface area (TPSA) is 80.7 Å². The van der Waals surface area contributed by atoms with Crippen LogP contribution in [0.15, 0.2) is 18.2 Å². The van der Waals surface area contributed by atoms with Crippen molar-refractivity contribution in [3.05, 3.63) is 29.5 Å². The molecule has 1 fully saturated rings. The number of ether oxygens (including phenoxy) is 2. The van der Waals surface area contributed by atoms with Crippen LogP contribution in [0.5, 0.6) is 11.5 Å². The molecule has 0 saturated carbocycles. The van der Waals surface area contributed by atoms with Crippen molar-refractivity contribution in [3.8, 4) is 11.5 Å². The number of rotatable bonds is 8. The average Bonchev–Trinajstić information content (AvgIpc) is 3.01. The van der Waals surface area contributed by atoms with Gasteiger partial charge in [-0.05, 0) is 37.5 Å². The Balaban J connectivity index is 1.59. The van der Waals surface area contributed by atoms with Crippen LogP contribution in [0, 0.1) is 6.92 Å². The average molecular weight is 402 g/mol. The van der Waals surface area contributed by atoms with E-state index in [0.717, 1.165) is 61.8 Å². The van der Waals surface area contributed by atoms with Gasteiger partial charge in [0.1, 0.15) is 5.69 Å². The Morgan fingerprint density at radius 2 is 1.93 bits per heavy atom. The molecule has 2 heterocycles. The molecule has 0 bridgehead atoms. The number of anilines is 2. The van der Waals surface area contributed by atoms with Gasteiger partial charge in [-0.2, -0.15) is 5.10 Å². The van der Waals surface area contributed by atoms with Gasteiger partial charge >= 0.3 is 0 Å². The lowest BCUT2D eigenvalue weighted by Crippen LogP contribution is -2.44. The molecule has 0 unspecified atom stereocenters. The molecule has 1 aromatic heterocycles. The van der Waals surface area contributed by atoms with Gasteiger partial charge in [-0.25, -0.2) is 0 Å². The van der Waals surface area contributed by atoms with Crippen LogP contribution in [0.3, 0.4) is 0 Å². The minimum atomic E-state index is 0.0120. The van der Waals surface area contributed by atoms with Gasteiger partial charge in [0, 0.05) is 39.6 Å². The second-order valence-electron chi connectivity index (χ2n) is 7.24. The summed E-state index contributed by atoms with van der Waals surface area (Å²) in [7, 11) is 5.18. The molecule has 8 heteroatoms. The Hall–Kier alpha value is -2.74. The van der Waals surface area contributed by atoms with Crippen LogP contribution >= 0.6 is 0 Å². The number of hydrogen-bond donors (Lipinski definition) is 2. The van der Waals surface area contributed by atoms with E-state index in [1.807, 2.05) is 36.9 Å². The predicted octanol–water partition coefficient (Wildman–Crippen LogP) is 2.12. The van der Waals surface area contributed by atoms with Crippen molar-refractivity contribution < 1.29 is 14.3 Å². The first-order valence-electron chi connectivity index (χ1n) is 10.0. The van der Waals surface area contributed by atoms with Gasteiger partial charge in [0.05, 0.1) is 19.9 Å². The third-order valence-corrected chi connectivity index (χ3v) is 5.19. The van der Waals surface area contributed by atoms with Gasteiger partial charge in [0.25, 0.3) is 0 Å². The molecule has 1 aliphatic heterocycles. The number of carbonyl (C=O) groups is 1. The fourth-order valence-corrected chi connectivity index (χ4v) is 3.72. The summed E-state index contributed by atoms with van der Waals surface area (Å²) in [5, 5.41) is 11.0. The van der Waals surface area contributed by atoms with Crippen molar-refractivity contribution in [2.24, 2.45) is 7.05 Å². The second-order valence-corrected chi connectivity index (χ2v) is 7.24. The number of aromatic nitrogens is 2. The molecule has 0 aliphatic carbocycles. The molecular formula is C21H31N5O3. The fraction of sp³-hybridized carbons (Fsp3) is 0.524. The first kappa shape index (κ1) is 21.0. The molecule has 1 amide bonds. The number of nitrogens with one attached hydrogen (secondary N) is 2. The van der Waals surface area contributed by atoms with E-state index in [2.05, 4.69) is 20.6 Å². The molecule has 0 radical (unpaired) electrons. The molecule has 1 saturated heterocycles. The standard InChI is InChI=1S/C21H31N5O3/c1-15-20(21(25(2)24-15)26-12-10-22-11-13-26)23-19(27)7-5-6-16-8-9-17(28-3)18(14-16)29-4/h8-9,14,22H,5-7,10-13H2,1-4H3,(H,23,27). The highest BCUT2D eigenvalue weighted by Gasteiger charge is 2.22. The largest absolute Gasteiger partial charge is 0.493 e. The maximum Gasteiger partial charge on any atom is 0.224 e. The van der Waals surface area contributed by atoms with Crippen LogP contribution in [0.4, 0.5) is 11.5 Å². The molecule has 1 aromatic carbocycles. The minimum Gasteiger partial charge on any atom is -0.493 e. The van der Waals surface area contributed by atoms with E-state index < -0.39 is 0 Å². The van der Waals surface area contributed by atoms with Gasteiger partial charge in [-0.1, -0.05) is 6.07 Å². The van der Waals surface area contributed by atoms with Gasteiger partial charge in [0.2, 0.25) is 5.91 Å². The zero-order valence-electron chi connectivity index (χ0n) is 17.7. The first-order chi connectivity index (χ1) is 14.0. The van der Waals surface area contributed by atoms with Crippen LogP contribution in [0.25, 0.3) is 0 Å². The minimum absolute atomic E-state index is 0.0120. The lowest BCUT2D eigenvalue weighted by atomic mass is 10.1. The SMILES string of the molecule is COc1ccc(CCCC(=O)Nc2c(C)nn(C)c2N2CCNCC2)cc1OC. The van der Waals surface area contributed by atoms with Crippen molar-refractivity contribution in [1.29, 1.82) is 0 Å². The number of amides is 1. The van der Waals surface area contributed by atoms with Crippen LogP contribution < -0.4 is 25.0 Å². The Bertz CT molecular complexity index is 843. The molecular weight excluding hydrogens is 370 g/mol. The molecule has 158 valence electrons. The summed E-state index contributed by atoms with van der Waals surface area (Å²) in [5.74, 6) is 2.41. The zero-order chi connectivity index (χ0) is 20.8. The van der Waals surface area contributed by atoms with E-state index >= 15 is 0 Å². The van der Waals surface area contributed by atoms with E-state index in [1.165, 1.54) is 0 Å². The van der Waals surface area contributed by atoms with Crippen LogP contribution in [0.1, 0.15) is 24.1 Å². The van der Waals surface area contributed by atoms with Crippen molar-refractivity contribution in [3.63, 3.8) is 0 Å². The van der Waals surface area contributed by atoms with Gasteiger partial charge in [0.15, 0.2) is 17.3 Å². The summed E-state index contributed by atoms with van der Waals surface area (Å²) >= 11 is 0. The Morgan fingerprint density at radius 3 is 2.62 bits per heavy atom. The zero-order valence-corrected chi connectivity index (χ0v) is 17.7. The molecule has 2 N–H and O–H groups in total. The molecule has 29 heavy (non-hydrogen) atoms. The van der Waals surface area contributed by atoms with Gasteiger partial charge in [-0.3, -0.25) is 9.48 Å². The first-order valence-corrected chi connectivity index (χ1v) is 10.0. The predicted molar refractivity (Wildman–Crippen MR) is 114 cm³/mol. The van der Waals surface area contributed by atoms with Crippen LogP contribution in [0.2, 0.25) is 0 Å². The lowest BCUT2D eigenvalue weighted by molar-refractivity contribution is -0.116. The van der Waals surface area contributed by atoms with E-state index in [1.54, 1.807) is 14.2 Å². The summed E-state index contributed by atoms with van der Waals surface area (Å²) in [6, 6.07) is 5.87. The molecule has 2 aromatic rings. The maximum absolute atomic E-state index is 12.6. The second kappa shape index (κ2) is 9.65. The number of carbonyl (C=O) groups excluding carboxylic acids is 1. The number of methoxy groups -OCH3 is 2. The monoisotopic (exact) mass is 401 g/mol. The number of nitrogens with zero attached hydrogens (tertiary/aromatic N) is 3. The van der Waals surface area contributed by atoms with E-state index in [4.69, 9.17) is 9.47 Å². The van der Waals surface area contributed by atoms with Gasteiger partial charge in [-0.15, -0.1) is 0 Å². The van der Waals surface area contributed by atoms with E-state index in [9.17, 15) is 4.79 Å². The third-order valence-electron chi connectivity index (χ3n) is 5.19. The summed E-state index contributed by atoms with van der Waals surface area (Å²) in [4.78, 5) is 14.9. The van der Waals surface area contributed by atoms with Crippen LogP contribution in [-0.4, -0.2) is 56.1 Å². The van der Waals surface area contributed by atoms with E-state index in [0.29, 0.717) is 17.9 Å². The molecule has 8 nitrogen and oxygen atoms in total. The number of benzene rings is 1. The molecule has 1 aliphatic rings. The summed E-state index contributed by atoms with van der Waals surface area (Å²) in [6.07, 6.45) is 2.00. The smallest absolute Gasteiger partial charge is 0.224 e. The Labute approximate surface area is 172 Å². The summed E-state index contributed by atoms with van der Waals surface area (Å²) in [6.45, 7) is 5.61. The molecule has 0 atom stereocenters. The lowest BCUT2D eigenvalue weighted by Gasteiger charge is -2.30. The number of piperazine rings is 1. The van der Waals surface area contributed by atoms with Crippen molar-refractivity contribution in [2.75, 3.05) is 50.6 Å². The van der Waals surface area contributed by atoms with Crippen molar-refractivity contribution in [1.82, 2.24) is 15.1 Å². The summed E-state index contributed by atoms with van der Waals surface area (Å²) in [5.41, 5.74) is 2.79. The van der Waals surface area contributed by atoms with Crippen molar-refractivity contribution >= 4 is 17.4 Å². The molecule has 0 spiro atoms. The van der Waals surface area contributed by atoms with Crippen LogP contribution in [-0.2, 0) is 18.3 Å². The van der Waals surface area contributed by atoms with Crippen molar-refractivity contribution in [2.45, 2.75) is 26.2 Å². The third kappa shape index (κ3) is 5.00. The van der Waals surface area contributed by atoms with E-state index in [-0.39, 0.29) is 5.91 Å².